The third-order valence-corrected chi connectivity index (χ3v) is 2.01. The fourth-order valence-corrected chi connectivity index (χ4v) is 1.06. The van der Waals surface area contributed by atoms with Gasteiger partial charge in [-0.25, -0.2) is 0 Å². The lowest BCUT2D eigenvalue weighted by Crippen LogP contribution is -2.05. The molecule has 2 nitrogen and oxygen atoms in total. The van der Waals surface area contributed by atoms with E-state index < -0.39 is 11.7 Å². The molecule has 5 heteroatoms. The van der Waals surface area contributed by atoms with Crippen LogP contribution in [0.25, 0.3) is 0 Å². The molecule has 1 aromatic carbocycles. The third kappa shape index (κ3) is 3.38. The molecular formula is C12H9F3N2. The van der Waals surface area contributed by atoms with Gasteiger partial charge >= 0.3 is 6.18 Å². The summed E-state index contributed by atoms with van der Waals surface area (Å²) in [6.07, 6.45) is -4.36. The van der Waals surface area contributed by atoms with Crippen molar-refractivity contribution in [1.29, 1.82) is 5.26 Å². The molecule has 0 heterocycles. The van der Waals surface area contributed by atoms with E-state index in [9.17, 15) is 13.2 Å². The van der Waals surface area contributed by atoms with Crippen LogP contribution < -0.4 is 5.32 Å². The highest BCUT2D eigenvalue weighted by Gasteiger charge is 2.29. The van der Waals surface area contributed by atoms with Gasteiger partial charge in [-0.1, -0.05) is 13.2 Å². The Morgan fingerprint density at radius 1 is 1.18 bits per heavy atom. The van der Waals surface area contributed by atoms with Gasteiger partial charge in [-0.3, -0.25) is 0 Å². The van der Waals surface area contributed by atoms with Crippen LogP contribution in [0, 0.1) is 11.3 Å². The molecule has 0 aliphatic rings. The number of hydrogen-bond acceptors (Lipinski definition) is 2. The number of nitrogens with one attached hydrogen (secondary N) is 1. The van der Waals surface area contributed by atoms with Crippen molar-refractivity contribution in [2.45, 2.75) is 6.18 Å². The molecule has 0 saturated carbocycles. The summed E-state index contributed by atoms with van der Waals surface area (Å²) in [7, 11) is 0. The summed E-state index contributed by atoms with van der Waals surface area (Å²) in [6.45, 7) is 6.96. The summed E-state index contributed by atoms with van der Waals surface area (Å²) in [5, 5.41) is 11.2. The van der Waals surface area contributed by atoms with Gasteiger partial charge in [0.15, 0.2) is 0 Å². The second-order valence-electron chi connectivity index (χ2n) is 3.27. The number of alkyl halides is 3. The van der Waals surface area contributed by atoms with Gasteiger partial charge in [-0.15, -0.1) is 0 Å². The average Bonchev–Trinajstić information content (AvgIpc) is 2.27. The number of halogens is 3. The molecule has 1 aromatic rings. The topological polar surface area (TPSA) is 35.8 Å². The lowest BCUT2D eigenvalue weighted by Gasteiger charge is -2.10. The highest BCUT2D eigenvalue weighted by atomic mass is 19.4. The monoisotopic (exact) mass is 238 g/mol. The van der Waals surface area contributed by atoms with Crippen LogP contribution in [0.5, 0.6) is 0 Å². The van der Waals surface area contributed by atoms with Gasteiger partial charge in [0.2, 0.25) is 0 Å². The average molecular weight is 238 g/mol. The van der Waals surface area contributed by atoms with E-state index in [4.69, 9.17) is 5.26 Å². The van der Waals surface area contributed by atoms with Crippen LogP contribution in [0.2, 0.25) is 0 Å². The van der Waals surface area contributed by atoms with Crippen molar-refractivity contribution >= 4 is 5.69 Å². The maximum atomic E-state index is 12.3. The molecular weight excluding hydrogens is 229 g/mol. The van der Waals surface area contributed by atoms with Crippen molar-refractivity contribution in [2.75, 3.05) is 5.32 Å². The van der Waals surface area contributed by atoms with Gasteiger partial charge in [0, 0.05) is 11.4 Å². The van der Waals surface area contributed by atoms with E-state index in [2.05, 4.69) is 18.5 Å². The van der Waals surface area contributed by atoms with Crippen molar-refractivity contribution < 1.29 is 13.2 Å². The van der Waals surface area contributed by atoms with Crippen LogP contribution in [-0.4, -0.2) is 0 Å². The van der Waals surface area contributed by atoms with E-state index in [0.717, 1.165) is 12.1 Å². The molecule has 0 aliphatic carbocycles. The Labute approximate surface area is 96.7 Å². The van der Waals surface area contributed by atoms with Crippen molar-refractivity contribution in [1.82, 2.24) is 0 Å². The number of rotatable bonds is 3. The Morgan fingerprint density at radius 3 is 2.12 bits per heavy atom. The lowest BCUT2D eigenvalue weighted by molar-refractivity contribution is -0.137. The smallest absolute Gasteiger partial charge is 0.355 e. The van der Waals surface area contributed by atoms with Crippen molar-refractivity contribution in [3.63, 3.8) is 0 Å². The van der Waals surface area contributed by atoms with Gasteiger partial charge in [-0.2, -0.15) is 18.4 Å². The summed E-state index contributed by atoms with van der Waals surface area (Å²) >= 11 is 0. The van der Waals surface area contributed by atoms with Crippen LogP contribution in [0.1, 0.15) is 5.56 Å². The molecule has 88 valence electrons. The van der Waals surface area contributed by atoms with Gasteiger partial charge in [-0.05, 0) is 24.3 Å². The molecule has 17 heavy (non-hydrogen) atoms. The van der Waals surface area contributed by atoms with E-state index in [1.54, 1.807) is 6.07 Å². The first-order valence-electron chi connectivity index (χ1n) is 4.57. The van der Waals surface area contributed by atoms with E-state index in [0.29, 0.717) is 5.69 Å². The highest BCUT2D eigenvalue weighted by Crippen LogP contribution is 2.30. The van der Waals surface area contributed by atoms with Gasteiger partial charge in [0.05, 0.1) is 11.1 Å². The zero-order valence-corrected chi connectivity index (χ0v) is 8.80. The fourth-order valence-electron chi connectivity index (χ4n) is 1.06. The van der Waals surface area contributed by atoms with Crippen molar-refractivity contribution in [3.05, 3.63) is 54.3 Å². The molecule has 0 spiro atoms. The minimum Gasteiger partial charge on any atom is -0.355 e. The maximum Gasteiger partial charge on any atom is 0.416 e. The standard InChI is InChI=1S/C12H9F3N2/c1-8(7-16)9(2)17-11-5-3-10(4-6-11)12(13,14)15/h3-6,17H,1-2H2. The Morgan fingerprint density at radius 2 is 1.71 bits per heavy atom. The Hall–Kier alpha value is -2.22. The molecule has 0 radical (unpaired) electrons. The number of benzene rings is 1. The first-order valence-corrected chi connectivity index (χ1v) is 4.57. The third-order valence-electron chi connectivity index (χ3n) is 2.01. The van der Waals surface area contributed by atoms with E-state index in [-0.39, 0.29) is 11.3 Å². The molecule has 0 fully saturated rings. The molecule has 1 rings (SSSR count). The molecule has 0 atom stereocenters. The van der Waals surface area contributed by atoms with Gasteiger partial charge < -0.3 is 5.32 Å². The largest absolute Gasteiger partial charge is 0.416 e. The van der Waals surface area contributed by atoms with E-state index in [1.807, 2.05) is 0 Å². The van der Waals surface area contributed by atoms with E-state index in [1.165, 1.54) is 12.1 Å². The molecule has 0 unspecified atom stereocenters. The van der Waals surface area contributed by atoms with E-state index >= 15 is 0 Å². The Kier molecular flexibility index (Phi) is 3.59. The van der Waals surface area contributed by atoms with Crippen molar-refractivity contribution in [2.24, 2.45) is 0 Å². The minimum atomic E-state index is -4.36. The SMILES string of the molecule is C=C(C#N)C(=C)Nc1ccc(C(F)(F)F)cc1. The molecule has 0 aromatic heterocycles. The van der Waals surface area contributed by atoms with Crippen LogP contribution in [-0.2, 0) is 6.18 Å². The number of nitrogens with zero attached hydrogens (tertiary/aromatic N) is 1. The summed E-state index contributed by atoms with van der Waals surface area (Å²) in [5.74, 6) is 0. The summed E-state index contributed by atoms with van der Waals surface area (Å²) in [5.41, 5.74) is 0.0735. The normalized spacial score (nSPS) is 10.5. The zero-order chi connectivity index (χ0) is 13.1. The van der Waals surface area contributed by atoms with Gasteiger partial charge in [0.1, 0.15) is 6.07 Å². The molecule has 0 saturated heterocycles. The highest BCUT2D eigenvalue weighted by molar-refractivity contribution is 5.55. The second kappa shape index (κ2) is 4.74. The van der Waals surface area contributed by atoms with Crippen molar-refractivity contribution in [3.8, 4) is 6.07 Å². The molecule has 0 aliphatic heterocycles. The number of hydrogen-bond donors (Lipinski definition) is 1. The second-order valence-corrected chi connectivity index (χ2v) is 3.27. The Balaban J connectivity index is 2.80. The van der Waals surface area contributed by atoms with Crippen LogP contribution in [0.3, 0.4) is 0 Å². The first-order chi connectivity index (χ1) is 7.84. The van der Waals surface area contributed by atoms with Crippen LogP contribution in [0.4, 0.5) is 18.9 Å². The number of allylic oxidation sites excluding steroid dienone is 1. The quantitative estimate of drug-likeness (QED) is 0.643. The lowest BCUT2D eigenvalue weighted by atomic mass is 10.2. The molecule has 1 N–H and O–H groups in total. The maximum absolute atomic E-state index is 12.3. The fraction of sp³-hybridized carbons (Fsp3) is 0.0833. The summed E-state index contributed by atoms with van der Waals surface area (Å²) in [6, 6.07) is 6.21. The Bertz CT molecular complexity index is 478. The predicted molar refractivity (Wildman–Crippen MR) is 59.0 cm³/mol. The predicted octanol–water partition coefficient (Wildman–Crippen LogP) is 3.71. The summed E-state index contributed by atoms with van der Waals surface area (Å²) in [4.78, 5) is 0. The first kappa shape index (κ1) is 12.8. The number of anilines is 1. The minimum absolute atomic E-state index is 0.130. The molecule has 0 amide bonds. The number of nitriles is 1. The van der Waals surface area contributed by atoms with Crippen LogP contribution in [0.15, 0.2) is 48.7 Å². The molecule has 0 bridgehead atoms. The zero-order valence-electron chi connectivity index (χ0n) is 8.80. The summed E-state index contributed by atoms with van der Waals surface area (Å²) < 4.78 is 36.8. The van der Waals surface area contributed by atoms with Crippen LogP contribution >= 0.6 is 0 Å². The van der Waals surface area contributed by atoms with Gasteiger partial charge in [0.25, 0.3) is 0 Å².